The minimum absolute atomic E-state index is 0.551. The zero-order chi connectivity index (χ0) is 11.5. The molecule has 0 radical (unpaired) electrons. The van der Waals surface area contributed by atoms with Gasteiger partial charge in [0.05, 0.1) is 0 Å². The summed E-state index contributed by atoms with van der Waals surface area (Å²) in [4.78, 5) is 2.37. The molecule has 86 valence electrons. The van der Waals surface area contributed by atoms with Crippen molar-refractivity contribution in [2.75, 3.05) is 7.05 Å². The molecule has 0 bridgehead atoms. The molecule has 16 heavy (non-hydrogen) atoms. The van der Waals surface area contributed by atoms with Crippen molar-refractivity contribution in [3.8, 4) is 0 Å². The summed E-state index contributed by atoms with van der Waals surface area (Å²) >= 11 is 0. The number of rotatable bonds is 4. The highest BCUT2D eigenvalue weighted by Gasteiger charge is 2.21. The first-order valence-electron chi connectivity index (χ1n) is 5.82. The van der Waals surface area contributed by atoms with Crippen LogP contribution in [0.3, 0.4) is 0 Å². The third-order valence-electron chi connectivity index (χ3n) is 3.41. The van der Waals surface area contributed by atoms with E-state index in [2.05, 4.69) is 11.9 Å². The van der Waals surface area contributed by atoms with Crippen LogP contribution in [-0.2, 0) is 6.54 Å². The largest absolute Gasteiger partial charge is 0.488 e. The molecule has 1 saturated carbocycles. The molecule has 1 aromatic carbocycles. The van der Waals surface area contributed by atoms with Crippen LogP contribution < -0.4 is 5.46 Å². The van der Waals surface area contributed by atoms with Gasteiger partial charge in [0.15, 0.2) is 0 Å². The van der Waals surface area contributed by atoms with Crippen LogP contribution in [0.25, 0.3) is 0 Å². The molecule has 0 unspecified atom stereocenters. The van der Waals surface area contributed by atoms with Gasteiger partial charge in [-0.15, -0.1) is 0 Å². The fourth-order valence-electron chi connectivity index (χ4n) is 2.04. The zero-order valence-corrected chi connectivity index (χ0v) is 9.63. The van der Waals surface area contributed by atoms with Gasteiger partial charge in [-0.25, -0.2) is 0 Å². The Morgan fingerprint density at radius 1 is 1.25 bits per heavy atom. The lowest BCUT2D eigenvalue weighted by Crippen LogP contribution is -2.36. The molecule has 0 spiro atoms. The molecule has 1 aliphatic carbocycles. The fraction of sp³-hybridized carbons (Fsp3) is 0.500. The van der Waals surface area contributed by atoms with Gasteiger partial charge in [-0.05, 0) is 30.9 Å². The smallest absolute Gasteiger partial charge is 0.423 e. The van der Waals surface area contributed by atoms with Crippen molar-refractivity contribution in [3.63, 3.8) is 0 Å². The lowest BCUT2D eigenvalue weighted by Gasteiger charge is -2.34. The SMILES string of the molecule is CN(Cc1ccc(B(O)O)cc1)C1CCC1. The van der Waals surface area contributed by atoms with E-state index in [1.54, 1.807) is 12.1 Å². The molecule has 0 aromatic heterocycles. The molecule has 3 nitrogen and oxygen atoms in total. The van der Waals surface area contributed by atoms with Gasteiger partial charge < -0.3 is 10.0 Å². The van der Waals surface area contributed by atoms with Crippen LogP contribution in [0.2, 0.25) is 0 Å². The van der Waals surface area contributed by atoms with Crippen molar-refractivity contribution >= 4 is 12.6 Å². The predicted molar refractivity (Wildman–Crippen MR) is 65.4 cm³/mol. The Labute approximate surface area is 96.9 Å². The molecule has 0 saturated heterocycles. The third-order valence-corrected chi connectivity index (χ3v) is 3.41. The summed E-state index contributed by atoms with van der Waals surface area (Å²) < 4.78 is 0. The molecular weight excluding hydrogens is 201 g/mol. The van der Waals surface area contributed by atoms with E-state index in [1.165, 1.54) is 24.8 Å². The van der Waals surface area contributed by atoms with E-state index in [0.29, 0.717) is 5.46 Å². The molecule has 2 rings (SSSR count). The molecular formula is C12H18BNO2. The van der Waals surface area contributed by atoms with Crippen molar-refractivity contribution in [1.29, 1.82) is 0 Å². The first-order chi connectivity index (χ1) is 7.66. The van der Waals surface area contributed by atoms with Gasteiger partial charge in [0.25, 0.3) is 0 Å². The average molecular weight is 219 g/mol. The highest BCUT2D eigenvalue weighted by molar-refractivity contribution is 6.58. The molecule has 1 aliphatic rings. The number of hydrogen-bond acceptors (Lipinski definition) is 3. The molecule has 1 fully saturated rings. The second-order valence-corrected chi connectivity index (χ2v) is 4.62. The standard InChI is InChI=1S/C12H18BNO2/c1-14(12-3-2-4-12)9-10-5-7-11(8-6-10)13(15)16/h5-8,12,15-16H,2-4,9H2,1H3. The van der Waals surface area contributed by atoms with E-state index in [1.807, 2.05) is 12.1 Å². The predicted octanol–water partition coefficient (Wildman–Crippen LogP) is 0.351. The van der Waals surface area contributed by atoms with Gasteiger partial charge in [0.2, 0.25) is 0 Å². The molecule has 0 amide bonds. The quantitative estimate of drug-likeness (QED) is 0.718. The van der Waals surface area contributed by atoms with Crippen LogP contribution in [0.4, 0.5) is 0 Å². The summed E-state index contributed by atoms with van der Waals surface area (Å²) in [5.41, 5.74) is 1.77. The highest BCUT2D eigenvalue weighted by Crippen LogP contribution is 2.24. The maximum atomic E-state index is 8.98. The maximum absolute atomic E-state index is 8.98. The van der Waals surface area contributed by atoms with Gasteiger partial charge in [0.1, 0.15) is 0 Å². The van der Waals surface area contributed by atoms with Crippen LogP contribution >= 0.6 is 0 Å². The first-order valence-corrected chi connectivity index (χ1v) is 5.82. The fourth-order valence-corrected chi connectivity index (χ4v) is 2.04. The topological polar surface area (TPSA) is 43.7 Å². The van der Waals surface area contributed by atoms with Crippen LogP contribution in [0.15, 0.2) is 24.3 Å². The summed E-state index contributed by atoms with van der Waals surface area (Å²) in [5.74, 6) is 0. The molecule has 0 aliphatic heterocycles. The Balaban J connectivity index is 1.93. The Morgan fingerprint density at radius 3 is 2.31 bits per heavy atom. The average Bonchev–Trinajstić information content (AvgIpc) is 2.15. The van der Waals surface area contributed by atoms with Crippen LogP contribution in [0.1, 0.15) is 24.8 Å². The Morgan fingerprint density at radius 2 is 1.88 bits per heavy atom. The van der Waals surface area contributed by atoms with Crippen LogP contribution in [0, 0.1) is 0 Å². The third kappa shape index (κ3) is 2.64. The van der Waals surface area contributed by atoms with Gasteiger partial charge in [-0.1, -0.05) is 30.7 Å². The number of nitrogens with zero attached hydrogens (tertiary/aromatic N) is 1. The minimum Gasteiger partial charge on any atom is -0.423 e. The molecule has 2 N–H and O–H groups in total. The lowest BCUT2D eigenvalue weighted by molar-refractivity contribution is 0.152. The Bertz CT molecular complexity index is 335. The molecule has 1 aromatic rings. The lowest BCUT2D eigenvalue weighted by atomic mass is 9.80. The molecule has 0 heterocycles. The Hall–Kier alpha value is -0.835. The normalized spacial score (nSPS) is 16.2. The van der Waals surface area contributed by atoms with E-state index in [9.17, 15) is 0 Å². The van der Waals surface area contributed by atoms with E-state index < -0.39 is 7.12 Å². The van der Waals surface area contributed by atoms with Gasteiger partial charge >= 0.3 is 7.12 Å². The van der Waals surface area contributed by atoms with Crippen LogP contribution in [0.5, 0.6) is 0 Å². The minimum atomic E-state index is -1.36. The second-order valence-electron chi connectivity index (χ2n) is 4.62. The van der Waals surface area contributed by atoms with E-state index in [0.717, 1.165) is 12.6 Å². The Kier molecular flexibility index (Phi) is 3.64. The van der Waals surface area contributed by atoms with Crippen molar-refractivity contribution in [2.24, 2.45) is 0 Å². The van der Waals surface area contributed by atoms with Crippen molar-refractivity contribution in [3.05, 3.63) is 29.8 Å². The van der Waals surface area contributed by atoms with Gasteiger partial charge in [-0.3, -0.25) is 4.90 Å². The first kappa shape index (κ1) is 11.6. The summed E-state index contributed by atoms with van der Waals surface area (Å²) in [6.45, 7) is 0.937. The molecule has 4 heteroatoms. The maximum Gasteiger partial charge on any atom is 0.488 e. The van der Waals surface area contributed by atoms with Crippen molar-refractivity contribution in [1.82, 2.24) is 4.90 Å². The zero-order valence-electron chi connectivity index (χ0n) is 9.63. The van der Waals surface area contributed by atoms with E-state index in [-0.39, 0.29) is 0 Å². The van der Waals surface area contributed by atoms with Crippen LogP contribution in [-0.4, -0.2) is 35.2 Å². The van der Waals surface area contributed by atoms with Crippen molar-refractivity contribution in [2.45, 2.75) is 31.8 Å². The van der Waals surface area contributed by atoms with E-state index >= 15 is 0 Å². The van der Waals surface area contributed by atoms with Gasteiger partial charge in [0, 0.05) is 12.6 Å². The number of hydrogen-bond donors (Lipinski definition) is 2. The second kappa shape index (κ2) is 5.00. The highest BCUT2D eigenvalue weighted by atomic mass is 16.4. The van der Waals surface area contributed by atoms with Gasteiger partial charge in [-0.2, -0.15) is 0 Å². The summed E-state index contributed by atoms with van der Waals surface area (Å²) in [5, 5.41) is 18.0. The summed E-state index contributed by atoms with van der Waals surface area (Å²) in [6, 6.07) is 8.21. The monoisotopic (exact) mass is 219 g/mol. The number of benzene rings is 1. The summed E-state index contributed by atoms with van der Waals surface area (Å²) in [6.07, 6.45) is 3.97. The molecule has 0 atom stereocenters. The van der Waals surface area contributed by atoms with E-state index in [4.69, 9.17) is 10.0 Å². The summed E-state index contributed by atoms with van der Waals surface area (Å²) in [7, 11) is 0.789. The van der Waals surface area contributed by atoms with Crippen molar-refractivity contribution < 1.29 is 10.0 Å².